The lowest BCUT2D eigenvalue weighted by Crippen LogP contribution is -2.48. The van der Waals surface area contributed by atoms with E-state index >= 15 is 0 Å². The number of likely N-dealkylation sites (tertiary alicyclic amines) is 1. The van der Waals surface area contributed by atoms with Crippen LogP contribution in [-0.2, 0) is 4.74 Å². The molecule has 2 aliphatic rings. The third-order valence-corrected chi connectivity index (χ3v) is 5.20. The Morgan fingerprint density at radius 1 is 1.20 bits per heavy atom. The molecule has 0 spiro atoms. The summed E-state index contributed by atoms with van der Waals surface area (Å²) in [7, 11) is 0. The van der Waals surface area contributed by atoms with Crippen LogP contribution in [0.3, 0.4) is 0 Å². The van der Waals surface area contributed by atoms with Crippen molar-refractivity contribution in [3.63, 3.8) is 0 Å². The molecule has 1 N–H and O–H groups in total. The first-order valence-corrected chi connectivity index (χ1v) is 8.54. The molecular formula is C17H34N2O. The summed E-state index contributed by atoms with van der Waals surface area (Å²) in [6.45, 7) is 16.0. The van der Waals surface area contributed by atoms with Crippen LogP contribution in [0.4, 0.5) is 0 Å². The van der Waals surface area contributed by atoms with Crippen LogP contribution in [0.25, 0.3) is 0 Å². The van der Waals surface area contributed by atoms with Crippen molar-refractivity contribution in [1.82, 2.24) is 10.2 Å². The third kappa shape index (κ3) is 4.44. The molecule has 0 aromatic rings. The van der Waals surface area contributed by atoms with Crippen LogP contribution >= 0.6 is 0 Å². The second-order valence-electron chi connectivity index (χ2n) is 7.70. The molecule has 0 aromatic carbocycles. The monoisotopic (exact) mass is 282 g/mol. The Bertz CT molecular complexity index is 277. The molecule has 2 heterocycles. The van der Waals surface area contributed by atoms with Crippen LogP contribution in [0.1, 0.15) is 47.0 Å². The molecule has 2 fully saturated rings. The fourth-order valence-corrected chi connectivity index (χ4v) is 3.64. The third-order valence-electron chi connectivity index (χ3n) is 5.20. The lowest BCUT2D eigenvalue weighted by atomic mass is 9.83. The molecule has 0 saturated carbocycles. The lowest BCUT2D eigenvalue weighted by molar-refractivity contribution is 0.0790. The van der Waals surface area contributed by atoms with Gasteiger partial charge in [0.25, 0.3) is 0 Å². The van der Waals surface area contributed by atoms with Gasteiger partial charge < -0.3 is 15.0 Å². The van der Waals surface area contributed by atoms with Crippen molar-refractivity contribution in [2.75, 3.05) is 39.4 Å². The van der Waals surface area contributed by atoms with E-state index in [9.17, 15) is 0 Å². The van der Waals surface area contributed by atoms with Gasteiger partial charge in [0.2, 0.25) is 0 Å². The van der Waals surface area contributed by atoms with Crippen molar-refractivity contribution in [3.05, 3.63) is 0 Å². The van der Waals surface area contributed by atoms with Gasteiger partial charge in [0.1, 0.15) is 0 Å². The second-order valence-corrected chi connectivity index (χ2v) is 7.70. The molecule has 3 heteroatoms. The van der Waals surface area contributed by atoms with Crippen molar-refractivity contribution >= 4 is 0 Å². The molecule has 0 amide bonds. The summed E-state index contributed by atoms with van der Waals surface area (Å²) in [6.07, 6.45) is 3.98. The molecule has 2 aliphatic heterocycles. The maximum atomic E-state index is 5.73. The van der Waals surface area contributed by atoms with E-state index in [1.807, 2.05) is 0 Å². The number of nitrogens with one attached hydrogen (secondary N) is 1. The Morgan fingerprint density at radius 3 is 2.40 bits per heavy atom. The van der Waals surface area contributed by atoms with Gasteiger partial charge in [-0.05, 0) is 44.2 Å². The summed E-state index contributed by atoms with van der Waals surface area (Å²) >= 11 is 0. The minimum Gasteiger partial charge on any atom is -0.381 e. The van der Waals surface area contributed by atoms with Gasteiger partial charge in [0, 0.05) is 31.2 Å². The van der Waals surface area contributed by atoms with Gasteiger partial charge in [0.05, 0.1) is 6.61 Å². The van der Waals surface area contributed by atoms with Crippen LogP contribution in [-0.4, -0.2) is 50.3 Å². The van der Waals surface area contributed by atoms with Crippen molar-refractivity contribution in [3.8, 4) is 0 Å². The first-order chi connectivity index (χ1) is 9.51. The summed E-state index contributed by atoms with van der Waals surface area (Å²) < 4.78 is 5.73. The van der Waals surface area contributed by atoms with Crippen LogP contribution in [0.5, 0.6) is 0 Å². The van der Waals surface area contributed by atoms with Crippen LogP contribution in [0, 0.1) is 17.3 Å². The fraction of sp³-hybridized carbons (Fsp3) is 1.00. The zero-order valence-electron chi connectivity index (χ0n) is 14.0. The Balaban J connectivity index is 1.83. The number of hydrogen-bond acceptors (Lipinski definition) is 3. The molecular weight excluding hydrogens is 248 g/mol. The summed E-state index contributed by atoms with van der Waals surface area (Å²) in [5.41, 5.74) is 0.356. The lowest BCUT2D eigenvalue weighted by Gasteiger charge is -2.39. The SMILES string of the molecule is CC(C)NCC1(CN2CCC(C(C)C)CC2)CCOC1. The number of ether oxygens (including phenoxy) is 1. The van der Waals surface area contributed by atoms with Crippen LogP contribution < -0.4 is 5.32 Å². The topological polar surface area (TPSA) is 24.5 Å². The zero-order valence-corrected chi connectivity index (χ0v) is 14.0. The molecule has 0 radical (unpaired) electrons. The first-order valence-electron chi connectivity index (χ1n) is 8.54. The number of hydrogen-bond donors (Lipinski definition) is 1. The van der Waals surface area contributed by atoms with Crippen LogP contribution in [0.15, 0.2) is 0 Å². The Morgan fingerprint density at radius 2 is 1.90 bits per heavy atom. The fourth-order valence-electron chi connectivity index (χ4n) is 3.64. The van der Waals surface area contributed by atoms with E-state index in [2.05, 4.69) is 37.9 Å². The van der Waals surface area contributed by atoms with Gasteiger partial charge in [-0.3, -0.25) is 0 Å². The highest BCUT2D eigenvalue weighted by molar-refractivity contribution is 4.90. The van der Waals surface area contributed by atoms with E-state index in [0.29, 0.717) is 11.5 Å². The predicted molar refractivity (Wildman–Crippen MR) is 85.0 cm³/mol. The summed E-state index contributed by atoms with van der Waals surface area (Å²) in [5.74, 6) is 1.79. The number of rotatable bonds is 6. The highest BCUT2D eigenvalue weighted by Gasteiger charge is 2.37. The molecule has 0 aromatic heterocycles. The van der Waals surface area contributed by atoms with Gasteiger partial charge in [-0.15, -0.1) is 0 Å². The minimum atomic E-state index is 0.356. The molecule has 2 saturated heterocycles. The smallest absolute Gasteiger partial charge is 0.0547 e. The molecule has 0 aliphatic carbocycles. The van der Waals surface area contributed by atoms with E-state index in [1.54, 1.807) is 0 Å². The molecule has 0 bridgehead atoms. The molecule has 20 heavy (non-hydrogen) atoms. The average molecular weight is 282 g/mol. The Kier molecular flexibility index (Phi) is 5.88. The summed E-state index contributed by atoms with van der Waals surface area (Å²) in [6, 6.07) is 0.569. The van der Waals surface area contributed by atoms with Crippen molar-refractivity contribution < 1.29 is 4.74 Å². The van der Waals surface area contributed by atoms with Gasteiger partial charge in [0.15, 0.2) is 0 Å². The van der Waals surface area contributed by atoms with Crippen molar-refractivity contribution in [2.24, 2.45) is 17.3 Å². The van der Waals surface area contributed by atoms with Gasteiger partial charge in [-0.1, -0.05) is 27.7 Å². The number of nitrogens with zero attached hydrogens (tertiary/aromatic N) is 1. The van der Waals surface area contributed by atoms with Gasteiger partial charge in [-0.25, -0.2) is 0 Å². The minimum absolute atomic E-state index is 0.356. The standard InChI is InChI=1S/C17H34N2O/c1-14(2)16-5-8-19(9-6-16)12-17(7-10-20-13-17)11-18-15(3)4/h14-16,18H,5-13H2,1-4H3. The van der Waals surface area contributed by atoms with E-state index in [0.717, 1.165) is 31.6 Å². The van der Waals surface area contributed by atoms with Gasteiger partial charge >= 0.3 is 0 Å². The maximum absolute atomic E-state index is 5.73. The highest BCUT2D eigenvalue weighted by atomic mass is 16.5. The largest absolute Gasteiger partial charge is 0.381 e. The summed E-state index contributed by atoms with van der Waals surface area (Å²) in [4.78, 5) is 2.69. The van der Waals surface area contributed by atoms with Crippen LogP contribution in [0.2, 0.25) is 0 Å². The molecule has 1 atom stereocenters. The zero-order chi connectivity index (χ0) is 14.6. The van der Waals surface area contributed by atoms with E-state index < -0.39 is 0 Å². The molecule has 1 unspecified atom stereocenters. The molecule has 2 rings (SSSR count). The molecule has 118 valence electrons. The number of piperidine rings is 1. The van der Waals surface area contributed by atoms with E-state index in [-0.39, 0.29) is 0 Å². The maximum Gasteiger partial charge on any atom is 0.0547 e. The van der Waals surface area contributed by atoms with Gasteiger partial charge in [-0.2, -0.15) is 0 Å². The van der Waals surface area contributed by atoms with E-state index in [1.165, 1.54) is 38.9 Å². The molecule has 3 nitrogen and oxygen atoms in total. The average Bonchev–Trinajstić information content (AvgIpc) is 2.86. The predicted octanol–water partition coefficient (Wildman–Crippen LogP) is 2.76. The highest BCUT2D eigenvalue weighted by Crippen LogP contribution is 2.32. The second kappa shape index (κ2) is 7.24. The van der Waals surface area contributed by atoms with E-state index in [4.69, 9.17) is 4.74 Å². The van der Waals surface area contributed by atoms with Crippen molar-refractivity contribution in [2.45, 2.75) is 53.0 Å². The summed E-state index contributed by atoms with van der Waals surface area (Å²) in [5, 5.41) is 3.64. The first kappa shape index (κ1) is 16.3. The van der Waals surface area contributed by atoms with Crippen molar-refractivity contribution in [1.29, 1.82) is 0 Å². The quantitative estimate of drug-likeness (QED) is 0.811. The Labute approximate surface area is 125 Å². The normalized spacial score (nSPS) is 29.7. The Hall–Kier alpha value is -0.120.